The van der Waals surface area contributed by atoms with Gasteiger partial charge in [0, 0.05) is 0 Å². The summed E-state index contributed by atoms with van der Waals surface area (Å²) in [4.78, 5) is 35.9. The molecule has 0 rings (SSSR count). The standard InChI is InChI=1S/C16H26Cl3NO5/c1-9(2)5-11(15(24)25-8-16(17,18)19)20-14(23)7-13(22)12(21)6-10(3)4/h9-12,21H,5-8H2,1-4H3,(H,20,23)/t11-,12?/m0/s1. The van der Waals surface area contributed by atoms with Gasteiger partial charge in [-0.1, -0.05) is 62.5 Å². The maximum absolute atomic E-state index is 12.1. The van der Waals surface area contributed by atoms with Gasteiger partial charge in [0.2, 0.25) is 9.70 Å². The molecule has 0 saturated carbocycles. The summed E-state index contributed by atoms with van der Waals surface area (Å²) in [6, 6.07) is -0.963. The highest BCUT2D eigenvalue weighted by Crippen LogP contribution is 2.26. The molecule has 0 aliphatic carbocycles. The van der Waals surface area contributed by atoms with Crippen molar-refractivity contribution in [1.82, 2.24) is 5.32 Å². The van der Waals surface area contributed by atoms with Crippen LogP contribution in [0.3, 0.4) is 0 Å². The molecule has 0 fully saturated rings. The van der Waals surface area contributed by atoms with Crippen LogP contribution in [0.4, 0.5) is 0 Å². The molecule has 0 aromatic heterocycles. The number of nitrogens with one attached hydrogen (secondary N) is 1. The zero-order valence-corrected chi connectivity index (χ0v) is 17.1. The lowest BCUT2D eigenvalue weighted by Crippen LogP contribution is -2.44. The molecule has 0 heterocycles. The number of aliphatic hydroxyl groups is 1. The Morgan fingerprint density at radius 1 is 1.04 bits per heavy atom. The number of amides is 1. The Labute approximate surface area is 163 Å². The normalized spacial score (nSPS) is 14.3. The minimum atomic E-state index is -1.75. The van der Waals surface area contributed by atoms with Crippen molar-refractivity contribution in [3.63, 3.8) is 0 Å². The maximum atomic E-state index is 12.1. The van der Waals surface area contributed by atoms with Gasteiger partial charge in [-0.3, -0.25) is 9.59 Å². The average molecular weight is 419 g/mol. The van der Waals surface area contributed by atoms with Crippen LogP contribution in [-0.2, 0) is 19.1 Å². The first-order valence-corrected chi connectivity index (χ1v) is 9.18. The number of esters is 1. The van der Waals surface area contributed by atoms with Crippen LogP contribution < -0.4 is 5.32 Å². The van der Waals surface area contributed by atoms with Crippen LogP contribution in [0.25, 0.3) is 0 Å². The van der Waals surface area contributed by atoms with E-state index in [1.807, 2.05) is 27.7 Å². The minimum Gasteiger partial charge on any atom is -0.460 e. The van der Waals surface area contributed by atoms with E-state index in [1.165, 1.54) is 0 Å². The van der Waals surface area contributed by atoms with E-state index in [0.717, 1.165) is 0 Å². The van der Waals surface area contributed by atoms with Gasteiger partial charge in [-0.2, -0.15) is 0 Å². The molecule has 0 bridgehead atoms. The minimum absolute atomic E-state index is 0.0767. The van der Waals surface area contributed by atoms with Gasteiger partial charge in [0.05, 0.1) is 6.42 Å². The number of aliphatic hydroxyl groups excluding tert-OH is 1. The van der Waals surface area contributed by atoms with Crippen molar-refractivity contribution >= 4 is 52.5 Å². The number of carbonyl (C=O) groups excluding carboxylic acids is 3. The van der Waals surface area contributed by atoms with E-state index >= 15 is 0 Å². The highest BCUT2D eigenvalue weighted by atomic mass is 35.6. The molecule has 146 valence electrons. The van der Waals surface area contributed by atoms with Crippen molar-refractivity contribution in [1.29, 1.82) is 0 Å². The number of carbonyl (C=O) groups is 3. The van der Waals surface area contributed by atoms with Crippen LogP contribution in [0, 0.1) is 11.8 Å². The van der Waals surface area contributed by atoms with Gasteiger partial charge in [0.1, 0.15) is 18.8 Å². The quantitative estimate of drug-likeness (QED) is 0.323. The lowest BCUT2D eigenvalue weighted by molar-refractivity contribution is -0.148. The summed E-state index contributed by atoms with van der Waals surface area (Å²) in [5.74, 6) is -1.81. The fourth-order valence-electron chi connectivity index (χ4n) is 2.04. The molecular weight excluding hydrogens is 393 g/mol. The van der Waals surface area contributed by atoms with E-state index in [-0.39, 0.29) is 18.3 Å². The largest absolute Gasteiger partial charge is 0.460 e. The van der Waals surface area contributed by atoms with Crippen LogP contribution in [-0.4, -0.2) is 45.3 Å². The van der Waals surface area contributed by atoms with Crippen molar-refractivity contribution in [2.75, 3.05) is 6.61 Å². The Bertz CT molecular complexity index is 463. The molecule has 0 aromatic rings. The third-order valence-corrected chi connectivity index (χ3v) is 3.43. The zero-order chi connectivity index (χ0) is 19.8. The number of hydrogen-bond acceptors (Lipinski definition) is 5. The lowest BCUT2D eigenvalue weighted by atomic mass is 10.0. The Hall–Kier alpha value is -0.560. The van der Waals surface area contributed by atoms with Gasteiger partial charge in [-0.15, -0.1) is 0 Å². The van der Waals surface area contributed by atoms with Crippen LogP contribution >= 0.6 is 34.8 Å². The lowest BCUT2D eigenvalue weighted by Gasteiger charge is -2.21. The summed E-state index contributed by atoms with van der Waals surface area (Å²) in [6.45, 7) is 6.98. The van der Waals surface area contributed by atoms with Crippen molar-refractivity contribution in [3.8, 4) is 0 Å². The molecular formula is C16H26Cl3NO5. The molecule has 0 aliphatic heterocycles. The van der Waals surface area contributed by atoms with E-state index in [1.54, 1.807) is 0 Å². The van der Waals surface area contributed by atoms with Crippen LogP contribution in [0.2, 0.25) is 0 Å². The van der Waals surface area contributed by atoms with Gasteiger partial charge in [-0.25, -0.2) is 4.79 Å². The second-order valence-electron chi connectivity index (χ2n) is 6.76. The first-order valence-electron chi connectivity index (χ1n) is 8.05. The molecule has 6 nitrogen and oxygen atoms in total. The second-order valence-corrected chi connectivity index (χ2v) is 9.28. The topological polar surface area (TPSA) is 92.7 Å². The molecule has 0 aliphatic rings. The predicted octanol–water partition coefficient (Wildman–Crippen LogP) is 2.80. The van der Waals surface area contributed by atoms with Crippen molar-refractivity contribution < 1.29 is 24.2 Å². The smallest absolute Gasteiger partial charge is 0.328 e. The molecule has 1 amide bonds. The maximum Gasteiger partial charge on any atom is 0.328 e. The summed E-state index contributed by atoms with van der Waals surface area (Å²) in [5, 5.41) is 12.2. The van der Waals surface area contributed by atoms with Gasteiger partial charge >= 0.3 is 5.97 Å². The Kier molecular flexibility index (Phi) is 11.0. The van der Waals surface area contributed by atoms with E-state index in [0.29, 0.717) is 6.42 Å². The Morgan fingerprint density at radius 3 is 2.00 bits per heavy atom. The summed E-state index contributed by atoms with van der Waals surface area (Å²) >= 11 is 16.6. The highest BCUT2D eigenvalue weighted by molar-refractivity contribution is 6.67. The molecule has 0 saturated heterocycles. The van der Waals surface area contributed by atoms with E-state index in [9.17, 15) is 19.5 Å². The molecule has 2 N–H and O–H groups in total. The first-order chi connectivity index (χ1) is 11.3. The predicted molar refractivity (Wildman–Crippen MR) is 97.7 cm³/mol. The summed E-state index contributed by atoms with van der Waals surface area (Å²) in [7, 11) is 0. The summed E-state index contributed by atoms with van der Waals surface area (Å²) in [5.41, 5.74) is 0. The Balaban J connectivity index is 4.71. The number of rotatable bonds is 10. The number of ketones is 1. The third-order valence-electron chi connectivity index (χ3n) is 3.11. The zero-order valence-electron chi connectivity index (χ0n) is 14.9. The van der Waals surface area contributed by atoms with Crippen LogP contribution in [0.1, 0.15) is 47.0 Å². The monoisotopic (exact) mass is 417 g/mol. The molecule has 1 unspecified atom stereocenters. The number of ether oxygens (including phenoxy) is 1. The summed E-state index contributed by atoms with van der Waals surface area (Å²) < 4.78 is 3.14. The van der Waals surface area contributed by atoms with Crippen molar-refractivity contribution in [2.45, 2.75) is 62.9 Å². The second kappa shape index (κ2) is 11.2. The average Bonchev–Trinajstić information content (AvgIpc) is 2.41. The molecule has 25 heavy (non-hydrogen) atoms. The molecule has 2 atom stereocenters. The van der Waals surface area contributed by atoms with Crippen LogP contribution in [0.5, 0.6) is 0 Å². The third kappa shape index (κ3) is 12.4. The van der Waals surface area contributed by atoms with Crippen molar-refractivity contribution in [3.05, 3.63) is 0 Å². The van der Waals surface area contributed by atoms with E-state index in [2.05, 4.69) is 5.32 Å². The van der Waals surface area contributed by atoms with Crippen molar-refractivity contribution in [2.24, 2.45) is 11.8 Å². The Morgan fingerprint density at radius 2 is 1.56 bits per heavy atom. The van der Waals surface area contributed by atoms with Crippen LogP contribution in [0.15, 0.2) is 0 Å². The summed E-state index contributed by atoms with van der Waals surface area (Å²) in [6.07, 6.45) is -1.15. The number of alkyl halides is 3. The number of hydrogen-bond donors (Lipinski definition) is 2. The van der Waals surface area contributed by atoms with E-state index in [4.69, 9.17) is 39.5 Å². The fraction of sp³-hybridized carbons (Fsp3) is 0.812. The first kappa shape index (κ1) is 24.4. The van der Waals surface area contributed by atoms with E-state index < -0.39 is 46.6 Å². The van der Waals surface area contributed by atoms with Gasteiger partial charge in [0.15, 0.2) is 5.78 Å². The number of Topliss-reactive ketones (excluding diaryl/α,β-unsaturated/α-hetero) is 1. The molecule has 0 radical (unpaired) electrons. The van der Waals surface area contributed by atoms with Gasteiger partial charge in [0.25, 0.3) is 0 Å². The SMILES string of the molecule is CC(C)CC(O)C(=O)CC(=O)N[C@@H](CC(C)C)C(=O)OCC(Cl)(Cl)Cl. The van der Waals surface area contributed by atoms with Gasteiger partial charge < -0.3 is 15.2 Å². The molecule has 0 spiro atoms. The molecule has 0 aromatic carbocycles. The van der Waals surface area contributed by atoms with Gasteiger partial charge in [-0.05, 0) is 24.7 Å². The highest BCUT2D eigenvalue weighted by Gasteiger charge is 2.29. The number of halogens is 3. The molecule has 9 heteroatoms. The fourth-order valence-corrected chi connectivity index (χ4v) is 2.20.